The monoisotopic (exact) mass is 264 g/mol. The van der Waals surface area contributed by atoms with Crippen LogP contribution in [0.2, 0.25) is 0 Å². The fourth-order valence-electron chi connectivity index (χ4n) is 2.76. The van der Waals surface area contributed by atoms with Crippen LogP contribution in [0.1, 0.15) is 44.6 Å². The van der Waals surface area contributed by atoms with E-state index in [0.717, 1.165) is 50.0 Å². The van der Waals surface area contributed by atoms with Gasteiger partial charge in [0.05, 0.1) is 6.10 Å². The molecule has 0 spiro atoms. The second-order valence-electron chi connectivity index (χ2n) is 5.40. The molecular formula is C14H24N4O. The van der Waals surface area contributed by atoms with Crippen LogP contribution in [0.5, 0.6) is 0 Å². The van der Waals surface area contributed by atoms with E-state index in [0.29, 0.717) is 11.7 Å². The summed E-state index contributed by atoms with van der Waals surface area (Å²) < 4.78 is 0. The van der Waals surface area contributed by atoms with Gasteiger partial charge >= 0.3 is 0 Å². The highest BCUT2D eigenvalue weighted by Gasteiger charge is 2.20. The van der Waals surface area contributed by atoms with E-state index in [9.17, 15) is 5.11 Å². The molecule has 1 aromatic heterocycles. The summed E-state index contributed by atoms with van der Waals surface area (Å²) >= 11 is 0. The van der Waals surface area contributed by atoms with Crippen molar-refractivity contribution >= 4 is 11.6 Å². The summed E-state index contributed by atoms with van der Waals surface area (Å²) in [5.74, 6) is 1.95. The van der Waals surface area contributed by atoms with Crippen LogP contribution in [0.4, 0.5) is 11.6 Å². The van der Waals surface area contributed by atoms with Gasteiger partial charge in [0, 0.05) is 12.1 Å². The number of nitrogens with two attached hydrogens (primary N) is 1. The van der Waals surface area contributed by atoms with Gasteiger partial charge in [0.1, 0.15) is 18.0 Å². The van der Waals surface area contributed by atoms with Crippen LogP contribution in [0, 0.1) is 5.92 Å². The van der Waals surface area contributed by atoms with Crippen molar-refractivity contribution in [2.24, 2.45) is 5.92 Å². The summed E-state index contributed by atoms with van der Waals surface area (Å²) in [7, 11) is 0. The van der Waals surface area contributed by atoms with Crippen molar-refractivity contribution in [2.45, 2.75) is 51.6 Å². The standard InChI is InChI=1S/C14H24N4O/c1-2-4-12-13(15)17-9-18-14(12)16-8-10-5-3-6-11(19)7-10/h9-11,19H,2-8H2,1H3,(H3,15,16,17,18). The Morgan fingerprint density at radius 1 is 1.42 bits per heavy atom. The first kappa shape index (κ1) is 14.1. The number of hydrogen-bond acceptors (Lipinski definition) is 5. The fourth-order valence-corrected chi connectivity index (χ4v) is 2.76. The topological polar surface area (TPSA) is 84.1 Å². The van der Waals surface area contributed by atoms with Gasteiger partial charge in [-0.3, -0.25) is 0 Å². The van der Waals surface area contributed by atoms with Gasteiger partial charge in [0.2, 0.25) is 0 Å². The Bertz CT molecular complexity index is 410. The maximum absolute atomic E-state index is 9.69. The molecule has 19 heavy (non-hydrogen) atoms. The number of aliphatic hydroxyl groups excluding tert-OH is 1. The maximum Gasteiger partial charge on any atom is 0.134 e. The first-order valence-corrected chi connectivity index (χ1v) is 7.22. The second-order valence-corrected chi connectivity index (χ2v) is 5.40. The van der Waals surface area contributed by atoms with E-state index in [1.807, 2.05) is 0 Å². The van der Waals surface area contributed by atoms with Crippen LogP contribution in [0.15, 0.2) is 6.33 Å². The normalized spacial score (nSPS) is 23.3. The summed E-state index contributed by atoms with van der Waals surface area (Å²) in [5, 5.41) is 13.1. The zero-order chi connectivity index (χ0) is 13.7. The van der Waals surface area contributed by atoms with E-state index in [-0.39, 0.29) is 6.10 Å². The molecule has 2 rings (SSSR count). The lowest BCUT2D eigenvalue weighted by Crippen LogP contribution is -2.25. The molecule has 0 amide bonds. The Labute approximate surface area is 114 Å². The molecule has 1 aliphatic carbocycles. The van der Waals surface area contributed by atoms with E-state index in [4.69, 9.17) is 5.73 Å². The zero-order valence-electron chi connectivity index (χ0n) is 11.6. The number of anilines is 2. The molecule has 106 valence electrons. The molecule has 1 saturated carbocycles. The van der Waals surface area contributed by atoms with Gasteiger partial charge in [-0.05, 0) is 31.6 Å². The molecule has 1 fully saturated rings. The lowest BCUT2D eigenvalue weighted by Gasteiger charge is -2.26. The third-order valence-electron chi connectivity index (χ3n) is 3.79. The minimum Gasteiger partial charge on any atom is -0.393 e. The SMILES string of the molecule is CCCc1c(N)ncnc1NCC1CCCC(O)C1. The van der Waals surface area contributed by atoms with Gasteiger partial charge in [-0.15, -0.1) is 0 Å². The molecule has 4 N–H and O–H groups in total. The minimum atomic E-state index is -0.133. The molecule has 5 nitrogen and oxygen atoms in total. The van der Waals surface area contributed by atoms with Crippen LogP contribution >= 0.6 is 0 Å². The first-order chi connectivity index (χ1) is 9.20. The Kier molecular flexibility index (Phi) is 4.96. The third kappa shape index (κ3) is 3.80. The number of nitrogen functional groups attached to an aromatic ring is 1. The van der Waals surface area contributed by atoms with Crippen LogP contribution in [-0.2, 0) is 6.42 Å². The number of hydrogen-bond donors (Lipinski definition) is 3. The van der Waals surface area contributed by atoms with Gasteiger partial charge in [-0.25, -0.2) is 9.97 Å². The molecule has 0 saturated heterocycles. The smallest absolute Gasteiger partial charge is 0.134 e. The Morgan fingerprint density at radius 2 is 2.26 bits per heavy atom. The summed E-state index contributed by atoms with van der Waals surface area (Å²) in [6.07, 6.45) is 7.40. The van der Waals surface area contributed by atoms with Crippen molar-refractivity contribution in [1.29, 1.82) is 0 Å². The van der Waals surface area contributed by atoms with Gasteiger partial charge in [-0.1, -0.05) is 19.8 Å². The van der Waals surface area contributed by atoms with Crippen molar-refractivity contribution in [3.8, 4) is 0 Å². The van der Waals surface area contributed by atoms with Crippen LogP contribution in [0.3, 0.4) is 0 Å². The fraction of sp³-hybridized carbons (Fsp3) is 0.714. The lowest BCUT2D eigenvalue weighted by molar-refractivity contribution is 0.104. The van der Waals surface area contributed by atoms with Crippen molar-refractivity contribution < 1.29 is 5.11 Å². The number of aromatic nitrogens is 2. The predicted octanol–water partition coefficient (Wildman–Crippen LogP) is 1.97. The highest BCUT2D eigenvalue weighted by Crippen LogP contribution is 2.25. The van der Waals surface area contributed by atoms with Gasteiger partial charge in [0.15, 0.2) is 0 Å². The molecule has 0 aromatic carbocycles. The van der Waals surface area contributed by atoms with E-state index in [1.54, 1.807) is 0 Å². The minimum absolute atomic E-state index is 0.133. The van der Waals surface area contributed by atoms with Gasteiger partial charge < -0.3 is 16.2 Å². The van der Waals surface area contributed by atoms with Gasteiger partial charge in [-0.2, -0.15) is 0 Å². The van der Waals surface area contributed by atoms with Crippen LogP contribution < -0.4 is 11.1 Å². The average Bonchev–Trinajstić information content (AvgIpc) is 2.40. The molecule has 1 aliphatic rings. The third-order valence-corrected chi connectivity index (χ3v) is 3.79. The average molecular weight is 264 g/mol. The molecule has 1 aromatic rings. The predicted molar refractivity (Wildman–Crippen MR) is 76.9 cm³/mol. The van der Waals surface area contributed by atoms with Crippen molar-refractivity contribution in [2.75, 3.05) is 17.6 Å². The molecular weight excluding hydrogens is 240 g/mol. The largest absolute Gasteiger partial charge is 0.393 e. The quantitative estimate of drug-likeness (QED) is 0.757. The molecule has 5 heteroatoms. The highest BCUT2D eigenvalue weighted by atomic mass is 16.3. The van der Waals surface area contributed by atoms with E-state index in [2.05, 4.69) is 22.2 Å². The van der Waals surface area contributed by atoms with Gasteiger partial charge in [0.25, 0.3) is 0 Å². The maximum atomic E-state index is 9.69. The van der Waals surface area contributed by atoms with Crippen LogP contribution in [0.25, 0.3) is 0 Å². The number of nitrogens with zero attached hydrogens (tertiary/aromatic N) is 2. The Balaban J connectivity index is 1.96. The zero-order valence-corrected chi connectivity index (χ0v) is 11.6. The second kappa shape index (κ2) is 6.70. The molecule has 0 bridgehead atoms. The summed E-state index contributed by atoms with van der Waals surface area (Å²) in [5.41, 5.74) is 6.92. The number of aliphatic hydroxyl groups is 1. The summed E-state index contributed by atoms with van der Waals surface area (Å²) in [6, 6.07) is 0. The first-order valence-electron chi connectivity index (χ1n) is 7.22. The summed E-state index contributed by atoms with van der Waals surface area (Å²) in [4.78, 5) is 8.35. The Morgan fingerprint density at radius 3 is 3.00 bits per heavy atom. The lowest BCUT2D eigenvalue weighted by atomic mass is 9.87. The number of rotatable bonds is 5. The number of nitrogens with one attached hydrogen (secondary N) is 1. The molecule has 0 radical (unpaired) electrons. The molecule has 2 unspecified atom stereocenters. The molecule has 1 heterocycles. The van der Waals surface area contributed by atoms with Crippen molar-refractivity contribution in [1.82, 2.24) is 9.97 Å². The Hall–Kier alpha value is -1.36. The molecule has 2 atom stereocenters. The van der Waals surface area contributed by atoms with E-state index in [1.165, 1.54) is 12.7 Å². The van der Waals surface area contributed by atoms with Crippen molar-refractivity contribution in [3.63, 3.8) is 0 Å². The molecule has 0 aliphatic heterocycles. The van der Waals surface area contributed by atoms with Crippen molar-refractivity contribution in [3.05, 3.63) is 11.9 Å². The van der Waals surface area contributed by atoms with Crippen LogP contribution in [-0.4, -0.2) is 27.7 Å². The highest BCUT2D eigenvalue weighted by molar-refractivity contribution is 5.54. The van der Waals surface area contributed by atoms with E-state index >= 15 is 0 Å². The summed E-state index contributed by atoms with van der Waals surface area (Å²) in [6.45, 7) is 2.97. The van der Waals surface area contributed by atoms with E-state index < -0.39 is 0 Å².